The first kappa shape index (κ1) is 16.6. The van der Waals surface area contributed by atoms with Crippen molar-refractivity contribution in [2.45, 2.75) is 26.3 Å². The number of hydrogen-bond acceptors (Lipinski definition) is 6. The van der Waals surface area contributed by atoms with Crippen molar-refractivity contribution in [3.8, 4) is 5.75 Å². The average Bonchev–Trinajstić information content (AvgIpc) is 3.20. The summed E-state index contributed by atoms with van der Waals surface area (Å²) in [7, 11) is 1.67. The van der Waals surface area contributed by atoms with Crippen LogP contribution in [0.4, 0.5) is 11.8 Å². The Morgan fingerprint density at radius 2 is 1.92 bits per heavy atom. The van der Waals surface area contributed by atoms with Gasteiger partial charge in [0.2, 0.25) is 5.95 Å². The van der Waals surface area contributed by atoms with E-state index in [-0.39, 0.29) is 0 Å². The van der Waals surface area contributed by atoms with Crippen LogP contribution in [0.1, 0.15) is 24.2 Å². The predicted octanol–water partition coefficient (Wildman–Crippen LogP) is 3.55. The first-order valence-electron chi connectivity index (χ1n) is 9.00. The second-order valence-electron chi connectivity index (χ2n) is 6.58. The third-order valence-electron chi connectivity index (χ3n) is 4.64. The lowest BCUT2D eigenvalue weighted by molar-refractivity contribution is 0.419. The van der Waals surface area contributed by atoms with Crippen LogP contribution >= 0.6 is 0 Å². The van der Waals surface area contributed by atoms with Crippen molar-refractivity contribution in [3.05, 3.63) is 47.8 Å². The van der Waals surface area contributed by atoms with E-state index < -0.39 is 0 Å². The van der Waals surface area contributed by atoms with Gasteiger partial charge in [-0.25, -0.2) is 15.0 Å². The van der Waals surface area contributed by atoms with E-state index in [0.29, 0.717) is 6.54 Å². The van der Waals surface area contributed by atoms with E-state index in [1.807, 2.05) is 43.3 Å². The summed E-state index contributed by atoms with van der Waals surface area (Å²) >= 11 is 0. The SMILES string of the molecule is COc1cccc2ccc(NCc3cc(C)nc(N4CCCC4)n3)nc12. The Kier molecular flexibility index (Phi) is 4.56. The molecule has 1 saturated heterocycles. The van der Waals surface area contributed by atoms with E-state index in [4.69, 9.17) is 14.7 Å². The van der Waals surface area contributed by atoms with E-state index in [1.165, 1.54) is 12.8 Å². The largest absolute Gasteiger partial charge is 0.494 e. The summed E-state index contributed by atoms with van der Waals surface area (Å²) in [6.07, 6.45) is 2.43. The number of nitrogens with one attached hydrogen (secondary N) is 1. The van der Waals surface area contributed by atoms with Gasteiger partial charge in [0.1, 0.15) is 17.1 Å². The Balaban J connectivity index is 1.54. The molecule has 1 aliphatic heterocycles. The Morgan fingerprint density at radius 3 is 2.73 bits per heavy atom. The number of hydrogen-bond donors (Lipinski definition) is 1. The number of para-hydroxylation sites is 1. The lowest BCUT2D eigenvalue weighted by Gasteiger charge is -2.16. The average molecular weight is 349 g/mol. The molecule has 0 saturated carbocycles. The molecule has 0 bridgehead atoms. The van der Waals surface area contributed by atoms with Crippen LogP contribution in [0.15, 0.2) is 36.4 Å². The summed E-state index contributed by atoms with van der Waals surface area (Å²) < 4.78 is 5.42. The number of rotatable bonds is 5. The van der Waals surface area contributed by atoms with E-state index in [9.17, 15) is 0 Å². The minimum atomic E-state index is 0.609. The van der Waals surface area contributed by atoms with E-state index in [1.54, 1.807) is 7.11 Å². The Bertz CT molecular complexity index is 921. The van der Waals surface area contributed by atoms with Crippen molar-refractivity contribution in [1.82, 2.24) is 15.0 Å². The summed E-state index contributed by atoms with van der Waals surface area (Å²) in [6, 6.07) is 12.0. The molecule has 0 aliphatic carbocycles. The van der Waals surface area contributed by atoms with Gasteiger partial charge >= 0.3 is 0 Å². The molecule has 1 fully saturated rings. The maximum Gasteiger partial charge on any atom is 0.225 e. The molecule has 3 aromatic rings. The summed E-state index contributed by atoms with van der Waals surface area (Å²) in [5.41, 5.74) is 2.82. The van der Waals surface area contributed by atoms with Crippen LogP contribution in [0.25, 0.3) is 10.9 Å². The molecule has 0 atom stereocenters. The lowest BCUT2D eigenvalue weighted by Crippen LogP contribution is -2.21. The van der Waals surface area contributed by atoms with Crippen molar-refractivity contribution in [3.63, 3.8) is 0 Å². The van der Waals surface area contributed by atoms with Gasteiger partial charge in [-0.05, 0) is 44.0 Å². The van der Waals surface area contributed by atoms with Gasteiger partial charge in [0.15, 0.2) is 0 Å². The van der Waals surface area contributed by atoms with Gasteiger partial charge in [0.05, 0.1) is 19.3 Å². The molecule has 134 valence electrons. The quantitative estimate of drug-likeness (QED) is 0.760. The highest BCUT2D eigenvalue weighted by atomic mass is 16.5. The fraction of sp³-hybridized carbons (Fsp3) is 0.350. The normalized spacial score (nSPS) is 14.0. The first-order valence-corrected chi connectivity index (χ1v) is 9.00. The minimum absolute atomic E-state index is 0.609. The Morgan fingerprint density at radius 1 is 1.08 bits per heavy atom. The van der Waals surface area contributed by atoms with Crippen molar-refractivity contribution in [2.75, 3.05) is 30.4 Å². The van der Waals surface area contributed by atoms with Gasteiger partial charge in [0, 0.05) is 24.2 Å². The monoisotopic (exact) mass is 349 g/mol. The molecule has 0 radical (unpaired) electrons. The van der Waals surface area contributed by atoms with E-state index in [0.717, 1.165) is 52.9 Å². The van der Waals surface area contributed by atoms with E-state index in [2.05, 4.69) is 15.2 Å². The number of benzene rings is 1. The summed E-state index contributed by atoms with van der Waals surface area (Å²) in [4.78, 5) is 16.3. The summed E-state index contributed by atoms with van der Waals surface area (Å²) in [5, 5.41) is 4.43. The third-order valence-corrected chi connectivity index (χ3v) is 4.64. The molecule has 4 rings (SSSR count). The number of pyridine rings is 1. The smallest absolute Gasteiger partial charge is 0.225 e. The van der Waals surface area contributed by atoms with Gasteiger partial charge in [-0.15, -0.1) is 0 Å². The number of aryl methyl sites for hydroxylation is 1. The second-order valence-corrected chi connectivity index (χ2v) is 6.58. The molecule has 1 N–H and O–H groups in total. The van der Waals surface area contributed by atoms with Gasteiger partial charge in [0.25, 0.3) is 0 Å². The molecule has 6 nitrogen and oxygen atoms in total. The highest BCUT2D eigenvalue weighted by Crippen LogP contribution is 2.25. The molecular weight excluding hydrogens is 326 g/mol. The molecule has 3 heterocycles. The Labute approximate surface area is 153 Å². The van der Waals surface area contributed by atoms with Crippen molar-refractivity contribution in [1.29, 1.82) is 0 Å². The molecule has 0 unspecified atom stereocenters. The first-order chi connectivity index (χ1) is 12.7. The van der Waals surface area contributed by atoms with Crippen LogP contribution in [0.3, 0.4) is 0 Å². The number of anilines is 2. The predicted molar refractivity (Wildman–Crippen MR) is 104 cm³/mol. The number of fused-ring (bicyclic) bond motifs is 1. The molecule has 1 aromatic carbocycles. The zero-order valence-corrected chi connectivity index (χ0v) is 15.2. The van der Waals surface area contributed by atoms with E-state index >= 15 is 0 Å². The number of ether oxygens (including phenoxy) is 1. The third kappa shape index (κ3) is 3.40. The Hall–Kier alpha value is -2.89. The molecule has 2 aromatic heterocycles. The second kappa shape index (κ2) is 7.15. The highest BCUT2D eigenvalue weighted by Gasteiger charge is 2.16. The standard InChI is InChI=1S/C20H23N5O/c1-14-12-16(23-20(22-14)25-10-3-4-11-25)13-21-18-9-8-15-6-5-7-17(26-2)19(15)24-18/h5-9,12H,3-4,10-11,13H2,1-2H3,(H,21,24). The molecular formula is C20H23N5O. The summed E-state index contributed by atoms with van der Waals surface area (Å²) in [6.45, 7) is 4.71. The number of nitrogens with zero attached hydrogens (tertiary/aromatic N) is 4. The van der Waals surface area contributed by atoms with Crippen LogP contribution in [-0.4, -0.2) is 35.2 Å². The molecule has 0 amide bonds. The van der Waals surface area contributed by atoms with Crippen LogP contribution in [0.5, 0.6) is 5.75 Å². The van der Waals surface area contributed by atoms with Gasteiger partial charge in [-0.2, -0.15) is 0 Å². The van der Waals surface area contributed by atoms with Crippen LogP contribution in [0.2, 0.25) is 0 Å². The molecule has 0 spiro atoms. The topological polar surface area (TPSA) is 63.2 Å². The molecule has 6 heteroatoms. The van der Waals surface area contributed by atoms with Gasteiger partial charge in [-0.3, -0.25) is 0 Å². The zero-order chi connectivity index (χ0) is 17.9. The number of methoxy groups -OCH3 is 1. The lowest BCUT2D eigenvalue weighted by atomic mass is 10.2. The van der Waals surface area contributed by atoms with Crippen LogP contribution in [-0.2, 0) is 6.54 Å². The summed E-state index contributed by atoms with van der Waals surface area (Å²) in [5.74, 6) is 2.42. The molecule has 1 aliphatic rings. The maximum absolute atomic E-state index is 5.42. The fourth-order valence-corrected chi connectivity index (χ4v) is 3.33. The maximum atomic E-state index is 5.42. The highest BCUT2D eigenvalue weighted by molar-refractivity contribution is 5.85. The van der Waals surface area contributed by atoms with Crippen molar-refractivity contribution in [2.24, 2.45) is 0 Å². The van der Waals surface area contributed by atoms with Crippen LogP contribution < -0.4 is 15.0 Å². The van der Waals surface area contributed by atoms with Crippen molar-refractivity contribution >= 4 is 22.7 Å². The molecule has 26 heavy (non-hydrogen) atoms. The van der Waals surface area contributed by atoms with Gasteiger partial charge < -0.3 is 15.0 Å². The van der Waals surface area contributed by atoms with Gasteiger partial charge in [-0.1, -0.05) is 12.1 Å². The van der Waals surface area contributed by atoms with Crippen molar-refractivity contribution < 1.29 is 4.74 Å². The number of aromatic nitrogens is 3. The fourth-order valence-electron chi connectivity index (χ4n) is 3.33. The minimum Gasteiger partial charge on any atom is -0.494 e. The van der Waals surface area contributed by atoms with Crippen LogP contribution in [0, 0.1) is 6.92 Å². The zero-order valence-electron chi connectivity index (χ0n) is 15.2.